The highest BCUT2D eigenvalue weighted by molar-refractivity contribution is 7.99. The van der Waals surface area contributed by atoms with Crippen molar-refractivity contribution >= 4 is 11.8 Å². The molecule has 0 aromatic carbocycles. The van der Waals surface area contributed by atoms with Crippen LogP contribution >= 0.6 is 11.8 Å². The maximum absolute atomic E-state index is 4.31. The van der Waals surface area contributed by atoms with E-state index in [4.69, 9.17) is 0 Å². The number of aromatic nitrogens is 2. The maximum atomic E-state index is 4.31. The number of nitrogens with zero attached hydrogens (tertiary/aromatic N) is 2. The van der Waals surface area contributed by atoms with Gasteiger partial charge in [0.2, 0.25) is 0 Å². The predicted molar refractivity (Wildman–Crippen MR) is 64.1 cm³/mol. The fourth-order valence-electron chi connectivity index (χ4n) is 1.98. The van der Waals surface area contributed by atoms with Crippen molar-refractivity contribution in [3.05, 3.63) is 12.4 Å². The molecule has 1 aromatic heterocycles. The molecule has 0 aliphatic carbocycles. The van der Waals surface area contributed by atoms with Gasteiger partial charge in [-0.15, -0.1) is 0 Å². The van der Waals surface area contributed by atoms with Crippen molar-refractivity contribution in [2.75, 3.05) is 18.8 Å². The summed E-state index contributed by atoms with van der Waals surface area (Å²) in [4.78, 5) is 4.31. The van der Waals surface area contributed by atoms with Crippen molar-refractivity contribution in [3.63, 3.8) is 0 Å². The standard InChI is InChI=1S/C11H19N3S/c1-14-7-6-13-11(14)15-8-4-10-3-2-5-12-9-10/h6-7,10,12H,2-5,8-9H2,1H3. The second-order valence-corrected chi connectivity index (χ2v) is 5.23. The molecule has 4 heteroatoms. The number of aryl methyl sites for hydroxylation is 1. The molecule has 1 aromatic rings. The number of hydrogen-bond acceptors (Lipinski definition) is 3. The van der Waals surface area contributed by atoms with Crippen LogP contribution in [0.4, 0.5) is 0 Å². The molecule has 0 radical (unpaired) electrons. The number of nitrogens with one attached hydrogen (secondary N) is 1. The molecule has 1 aliphatic rings. The Labute approximate surface area is 95.7 Å². The van der Waals surface area contributed by atoms with E-state index in [2.05, 4.69) is 21.9 Å². The van der Waals surface area contributed by atoms with E-state index in [1.807, 2.05) is 24.2 Å². The fourth-order valence-corrected chi connectivity index (χ4v) is 3.01. The highest BCUT2D eigenvalue weighted by atomic mass is 32.2. The summed E-state index contributed by atoms with van der Waals surface area (Å²) in [6, 6.07) is 0. The molecule has 2 rings (SSSR count). The normalized spacial score (nSPS) is 21.8. The first-order valence-corrected chi connectivity index (χ1v) is 6.65. The zero-order valence-corrected chi connectivity index (χ0v) is 10.1. The van der Waals surface area contributed by atoms with Crippen LogP contribution in [0.3, 0.4) is 0 Å². The van der Waals surface area contributed by atoms with E-state index >= 15 is 0 Å². The molecule has 15 heavy (non-hydrogen) atoms. The Morgan fingerprint density at radius 3 is 3.27 bits per heavy atom. The molecule has 1 atom stereocenters. The van der Waals surface area contributed by atoms with Gasteiger partial charge < -0.3 is 9.88 Å². The SMILES string of the molecule is Cn1ccnc1SCCC1CCCNC1. The molecule has 1 N–H and O–H groups in total. The highest BCUT2D eigenvalue weighted by Crippen LogP contribution is 2.21. The second kappa shape index (κ2) is 5.56. The van der Waals surface area contributed by atoms with Crippen LogP contribution in [0.5, 0.6) is 0 Å². The van der Waals surface area contributed by atoms with E-state index in [1.54, 1.807) is 0 Å². The molecular weight excluding hydrogens is 206 g/mol. The minimum absolute atomic E-state index is 0.881. The highest BCUT2D eigenvalue weighted by Gasteiger charge is 2.12. The van der Waals surface area contributed by atoms with E-state index < -0.39 is 0 Å². The first kappa shape index (κ1) is 11.0. The van der Waals surface area contributed by atoms with Gasteiger partial charge in [-0.25, -0.2) is 4.98 Å². The van der Waals surface area contributed by atoms with Crippen LogP contribution in [0.2, 0.25) is 0 Å². The van der Waals surface area contributed by atoms with Crippen LogP contribution in [-0.4, -0.2) is 28.4 Å². The first-order valence-electron chi connectivity index (χ1n) is 5.67. The van der Waals surface area contributed by atoms with Gasteiger partial charge in [0.05, 0.1) is 0 Å². The predicted octanol–water partition coefficient (Wildman–Crippen LogP) is 1.90. The number of thioether (sulfide) groups is 1. The summed E-state index contributed by atoms with van der Waals surface area (Å²) in [6.07, 6.45) is 7.92. The zero-order chi connectivity index (χ0) is 10.5. The number of rotatable bonds is 4. The van der Waals surface area contributed by atoms with Gasteiger partial charge in [0.15, 0.2) is 5.16 Å². The first-order chi connectivity index (χ1) is 7.36. The van der Waals surface area contributed by atoms with E-state index in [0.29, 0.717) is 0 Å². The average molecular weight is 225 g/mol. The summed E-state index contributed by atoms with van der Waals surface area (Å²) < 4.78 is 2.09. The average Bonchev–Trinajstić information content (AvgIpc) is 2.66. The Bertz CT molecular complexity index is 292. The van der Waals surface area contributed by atoms with E-state index in [9.17, 15) is 0 Å². The van der Waals surface area contributed by atoms with Crippen molar-refractivity contribution in [3.8, 4) is 0 Å². The van der Waals surface area contributed by atoms with Crippen LogP contribution in [0.25, 0.3) is 0 Å². The van der Waals surface area contributed by atoms with Crippen molar-refractivity contribution < 1.29 is 0 Å². The Morgan fingerprint density at radius 2 is 2.60 bits per heavy atom. The van der Waals surface area contributed by atoms with Crippen LogP contribution in [0.1, 0.15) is 19.3 Å². The van der Waals surface area contributed by atoms with E-state index in [-0.39, 0.29) is 0 Å². The Kier molecular flexibility index (Phi) is 4.09. The van der Waals surface area contributed by atoms with Gasteiger partial charge in [0, 0.05) is 25.2 Å². The van der Waals surface area contributed by atoms with E-state index in [1.165, 1.54) is 38.1 Å². The number of imidazole rings is 1. The third-order valence-electron chi connectivity index (χ3n) is 2.93. The lowest BCUT2D eigenvalue weighted by atomic mass is 9.97. The fraction of sp³-hybridized carbons (Fsp3) is 0.727. The van der Waals surface area contributed by atoms with E-state index in [0.717, 1.165) is 11.1 Å². The molecule has 0 bridgehead atoms. The summed E-state index contributed by atoms with van der Waals surface area (Å²) in [5, 5.41) is 4.60. The largest absolute Gasteiger partial charge is 0.329 e. The molecule has 1 saturated heterocycles. The summed E-state index contributed by atoms with van der Waals surface area (Å²) in [6.45, 7) is 2.42. The van der Waals surface area contributed by atoms with Gasteiger partial charge in [-0.1, -0.05) is 11.8 Å². The van der Waals surface area contributed by atoms with Crippen molar-refractivity contribution in [2.45, 2.75) is 24.4 Å². The monoisotopic (exact) mass is 225 g/mol. The lowest BCUT2D eigenvalue weighted by Crippen LogP contribution is -2.29. The molecule has 1 aliphatic heterocycles. The van der Waals surface area contributed by atoms with Crippen LogP contribution in [-0.2, 0) is 7.05 Å². The Hall–Kier alpha value is -0.480. The van der Waals surface area contributed by atoms with Gasteiger partial charge in [0.25, 0.3) is 0 Å². The Balaban J connectivity index is 1.68. The second-order valence-electron chi connectivity index (χ2n) is 4.17. The zero-order valence-electron chi connectivity index (χ0n) is 9.28. The number of hydrogen-bond donors (Lipinski definition) is 1. The summed E-state index contributed by atoms with van der Waals surface area (Å²) in [5.74, 6) is 2.07. The summed E-state index contributed by atoms with van der Waals surface area (Å²) >= 11 is 1.87. The smallest absolute Gasteiger partial charge is 0.167 e. The summed E-state index contributed by atoms with van der Waals surface area (Å²) in [7, 11) is 2.05. The maximum Gasteiger partial charge on any atom is 0.167 e. The lowest BCUT2D eigenvalue weighted by molar-refractivity contribution is 0.371. The van der Waals surface area contributed by atoms with Crippen LogP contribution in [0.15, 0.2) is 17.6 Å². The topological polar surface area (TPSA) is 29.9 Å². The van der Waals surface area contributed by atoms with Gasteiger partial charge >= 0.3 is 0 Å². The molecule has 3 nitrogen and oxygen atoms in total. The van der Waals surface area contributed by atoms with Crippen molar-refractivity contribution in [2.24, 2.45) is 13.0 Å². The van der Waals surface area contributed by atoms with Crippen molar-refractivity contribution in [1.82, 2.24) is 14.9 Å². The van der Waals surface area contributed by atoms with Crippen LogP contribution < -0.4 is 5.32 Å². The molecule has 1 fully saturated rings. The molecule has 84 valence electrons. The van der Waals surface area contributed by atoms with Gasteiger partial charge in [0.1, 0.15) is 0 Å². The van der Waals surface area contributed by atoms with Crippen LogP contribution in [0, 0.1) is 5.92 Å². The lowest BCUT2D eigenvalue weighted by Gasteiger charge is -2.22. The summed E-state index contributed by atoms with van der Waals surface area (Å²) in [5.41, 5.74) is 0. The van der Waals surface area contributed by atoms with Gasteiger partial charge in [-0.3, -0.25) is 0 Å². The minimum Gasteiger partial charge on any atom is -0.329 e. The third kappa shape index (κ3) is 3.24. The molecule has 0 saturated carbocycles. The molecular formula is C11H19N3S. The van der Waals surface area contributed by atoms with Crippen molar-refractivity contribution in [1.29, 1.82) is 0 Å². The Morgan fingerprint density at radius 1 is 1.67 bits per heavy atom. The minimum atomic E-state index is 0.881. The molecule has 1 unspecified atom stereocenters. The third-order valence-corrected chi connectivity index (χ3v) is 4.02. The van der Waals surface area contributed by atoms with Gasteiger partial charge in [-0.2, -0.15) is 0 Å². The quantitative estimate of drug-likeness (QED) is 0.794. The molecule has 0 amide bonds. The molecule has 0 spiro atoms. The molecule has 2 heterocycles. The van der Waals surface area contributed by atoms with Gasteiger partial charge in [-0.05, 0) is 38.3 Å². The number of piperidine rings is 1.